The predicted octanol–water partition coefficient (Wildman–Crippen LogP) is 1.22. The molecule has 0 aliphatic carbocycles. The third-order valence-corrected chi connectivity index (χ3v) is 1.65. The van der Waals surface area contributed by atoms with Crippen molar-refractivity contribution in [3.05, 3.63) is 38.4 Å². The van der Waals surface area contributed by atoms with Crippen LogP contribution in [0.1, 0.15) is 6.92 Å². The Labute approximate surface area is 89.4 Å². The van der Waals surface area contributed by atoms with Gasteiger partial charge in [0, 0.05) is 6.07 Å². The minimum atomic E-state index is -1.24. The van der Waals surface area contributed by atoms with Crippen LogP contribution in [0.3, 0.4) is 0 Å². The summed E-state index contributed by atoms with van der Waals surface area (Å²) in [5.74, 6) is -0.217. The summed E-state index contributed by atoms with van der Waals surface area (Å²) in [6.45, 7) is 1.27. The second-order valence-electron chi connectivity index (χ2n) is 2.88. The maximum absolute atomic E-state index is 10.6. The summed E-state index contributed by atoms with van der Waals surface area (Å²) < 4.78 is 4.73. The molecule has 0 spiro atoms. The molecule has 1 rings (SSSR count). The Bertz CT molecular complexity index is 431. The highest BCUT2D eigenvalue weighted by Gasteiger charge is 2.21. The Kier molecular flexibility index (Phi) is 3.36. The molecule has 0 aliphatic rings. The summed E-state index contributed by atoms with van der Waals surface area (Å²) in [7, 11) is 0. The van der Waals surface area contributed by atoms with Crippen LogP contribution in [0.25, 0.3) is 0 Å². The molecule has 0 saturated carbocycles. The van der Waals surface area contributed by atoms with Gasteiger partial charge in [0.05, 0.1) is 15.9 Å². The maximum atomic E-state index is 10.6. The number of rotatable bonds is 4. The zero-order valence-corrected chi connectivity index (χ0v) is 8.19. The molecule has 0 bridgehead atoms. The number of nitrogens with zero attached hydrogens (tertiary/aromatic N) is 2. The van der Waals surface area contributed by atoms with E-state index in [0.717, 1.165) is 18.2 Å². The first-order valence-corrected chi connectivity index (χ1v) is 4.19. The molecule has 0 aromatic heterocycles. The Morgan fingerprint density at radius 3 is 2.38 bits per heavy atom. The minimum absolute atomic E-state index is 0.217. The van der Waals surface area contributed by atoms with Crippen molar-refractivity contribution in [2.75, 3.05) is 0 Å². The summed E-state index contributed by atoms with van der Waals surface area (Å²) in [6, 6.07) is 2.91. The van der Waals surface area contributed by atoms with Gasteiger partial charge < -0.3 is 9.84 Å². The highest BCUT2D eigenvalue weighted by Crippen LogP contribution is 2.31. The number of benzene rings is 1. The highest BCUT2D eigenvalue weighted by molar-refractivity contribution is 5.53. The average molecular weight is 228 g/mol. The van der Waals surface area contributed by atoms with Crippen LogP contribution in [0.15, 0.2) is 18.2 Å². The average Bonchev–Trinajstić information content (AvgIpc) is 2.16. The van der Waals surface area contributed by atoms with E-state index in [2.05, 4.69) is 0 Å². The van der Waals surface area contributed by atoms with E-state index in [1.54, 1.807) is 0 Å². The fourth-order valence-corrected chi connectivity index (χ4v) is 1.05. The molecule has 8 nitrogen and oxygen atoms in total. The molecule has 0 radical (unpaired) electrons. The van der Waals surface area contributed by atoms with E-state index in [1.807, 2.05) is 0 Å². The van der Waals surface area contributed by atoms with Crippen LogP contribution in [-0.2, 0) is 0 Å². The number of hydrogen-bond donors (Lipinski definition) is 1. The van der Waals surface area contributed by atoms with Crippen molar-refractivity contribution >= 4 is 11.4 Å². The summed E-state index contributed by atoms with van der Waals surface area (Å²) >= 11 is 0. The second-order valence-corrected chi connectivity index (χ2v) is 2.88. The van der Waals surface area contributed by atoms with Crippen molar-refractivity contribution in [2.24, 2.45) is 0 Å². The Balaban J connectivity index is 3.19. The maximum Gasteiger partial charge on any atom is 0.317 e. The number of non-ortho nitro benzene ring substituents is 1. The van der Waals surface area contributed by atoms with Gasteiger partial charge in [-0.15, -0.1) is 0 Å². The van der Waals surface area contributed by atoms with E-state index in [-0.39, 0.29) is 5.75 Å². The molecule has 1 aromatic carbocycles. The SMILES string of the molecule is CC(O)Oc1ccc([N+](=O)[O-])cc1[N+](=O)[O-]. The number of hydrogen-bond acceptors (Lipinski definition) is 6. The number of aliphatic hydroxyl groups excluding tert-OH is 1. The first kappa shape index (κ1) is 11.9. The van der Waals surface area contributed by atoms with Crippen molar-refractivity contribution < 1.29 is 19.7 Å². The summed E-state index contributed by atoms with van der Waals surface area (Å²) in [5, 5.41) is 29.9. The number of ether oxygens (including phenoxy) is 1. The van der Waals surface area contributed by atoms with Gasteiger partial charge in [-0.25, -0.2) is 0 Å². The lowest BCUT2D eigenvalue weighted by Crippen LogP contribution is -2.10. The summed E-state index contributed by atoms with van der Waals surface area (Å²) in [5.41, 5.74) is -0.972. The standard InChI is InChI=1S/C8H8N2O6/c1-5(11)16-8-3-2-6(9(12)13)4-7(8)10(14)15/h2-5,11H,1H3. The van der Waals surface area contributed by atoms with Gasteiger partial charge in [-0.1, -0.05) is 0 Å². The fraction of sp³-hybridized carbons (Fsp3) is 0.250. The molecule has 1 atom stereocenters. The molecule has 86 valence electrons. The van der Waals surface area contributed by atoms with Crippen molar-refractivity contribution in [3.63, 3.8) is 0 Å². The quantitative estimate of drug-likeness (QED) is 0.470. The number of nitro groups is 2. The van der Waals surface area contributed by atoms with Gasteiger partial charge in [-0.3, -0.25) is 20.2 Å². The van der Waals surface area contributed by atoms with Crippen LogP contribution < -0.4 is 4.74 Å². The monoisotopic (exact) mass is 228 g/mol. The zero-order chi connectivity index (χ0) is 12.3. The van der Waals surface area contributed by atoms with Gasteiger partial charge in [-0.2, -0.15) is 0 Å². The van der Waals surface area contributed by atoms with E-state index in [9.17, 15) is 20.2 Å². The lowest BCUT2D eigenvalue weighted by molar-refractivity contribution is -0.395. The smallest absolute Gasteiger partial charge is 0.317 e. The zero-order valence-electron chi connectivity index (χ0n) is 8.19. The fourth-order valence-electron chi connectivity index (χ4n) is 1.05. The number of aliphatic hydroxyl groups is 1. The normalized spacial score (nSPS) is 11.9. The van der Waals surface area contributed by atoms with E-state index in [0.29, 0.717) is 0 Å². The van der Waals surface area contributed by atoms with Crippen molar-refractivity contribution in [3.8, 4) is 5.75 Å². The van der Waals surface area contributed by atoms with Crippen LogP contribution in [0.5, 0.6) is 5.75 Å². The molecular formula is C8H8N2O6. The largest absolute Gasteiger partial charge is 0.458 e. The van der Waals surface area contributed by atoms with Gasteiger partial charge in [-0.05, 0) is 13.0 Å². The molecule has 0 fully saturated rings. The summed E-state index contributed by atoms with van der Waals surface area (Å²) in [6.07, 6.45) is -1.24. The Morgan fingerprint density at radius 1 is 1.31 bits per heavy atom. The summed E-state index contributed by atoms with van der Waals surface area (Å²) in [4.78, 5) is 19.4. The van der Waals surface area contributed by atoms with Crippen LogP contribution in [-0.4, -0.2) is 21.2 Å². The first-order chi connectivity index (χ1) is 7.41. The molecule has 0 heterocycles. The van der Waals surface area contributed by atoms with Crippen molar-refractivity contribution in [1.29, 1.82) is 0 Å². The van der Waals surface area contributed by atoms with Crippen molar-refractivity contribution in [1.82, 2.24) is 0 Å². The van der Waals surface area contributed by atoms with Gasteiger partial charge in [0.2, 0.25) is 5.75 Å². The topological polar surface area (TPSA) is 116 Å². The van der Waals surface area contributed by atoms with Gasteiger partial charge >= 0.3 is 5.69 Å². The third-order valence-electron chi connectivity index (χ3n) is 1.65. The van der Waals surface area contributed by atoms with E-state index < -0.39 is 27.5 Å². The highest BCUT2D eigenvalue weighted by atomic mass is 16.6. The van der Waals surface area contributed by atoms with E-state index in [4.69, 9.17) is 9.84 Å². The molecule has 16 heavy (non-hydrogen) atoms. The molecule has 0 saturated heterocycles. The lowest BCUT2D eigenvalue weighted by Gasteiger charge is -2.08. The van der Waals surface area contributed by atoms with E-state index in [1.165, 1.54) is 6.92 Å². The van der Waals surface area contributed by atoms with E-state index >= 15 is 0 Å². The second kappa shape index (κ2) is 4.53. The van der Waals surface area contributed by atoms with Crippen LogP contribution in [0.4, 0.5) is 11.4 Å². The molecule has 1 unspecified atom stereocenters. The molecule has 8 heteroatoms. The van der Waals surface area contributed by atoms with Crippen LogP contribution in [0, 0.1) is 20.2 Å². The molecular weight excluding hydrogens is 220 g/mol. The minimum Gasteiger partial charge on any atom is -0.458 e. The molecule has 1 N–H and O–H groups in total. The first-order valence-electron chi connectivity index (χ1n) is 4.19. The van der Waals surface area contributed by atoms with Gasteiger partial charge in [0.15, 0.2) is 6.29 Å². The molecule has 0 aliphatic heterocycles. The predicted molar refractivity (Wildman–Crippen MR) is 52.1 cm³/mol. The van der Waals surface area contributed by atoms with Gasteiger partial charge in [0.1, 0.15) is 0 Å². The van der Waals surface area contributed by atoms with Gasteiger partial charge in [0.25, 0.3) is 5.69 Å². The number of nitro benzene ring substituents is 2. The van der Waals surface area contributed by atoms with Crippen LogP contribution >= 0.6 is 0 Å². The Morgan fingerprint density at radius 2 is 1.94 bits per heavy atom. The van der Waals surface area contributed by atoms with Crippen molar-refractivity contribution in [2.45, 2.75) is 13.2 Å². The lowest BCUT2D eigenvalue weighted by atomic mass is 10.2. The van der Waals surface area contributed by atoms with Crippen LogP contribution in [0.2, 0.25) is 0 Å². The molecule has 0 amide bonds. The molecule has 1 aromatic rings. The Hall–Kier alpha value is -2.22. The third kappa shape index (κ3) is 2.64.